The molecule has 2 aromatic rings. The Balaban J connectivity index is 1.95. The summed E-state index contributed by atoms with van der Waals surface area (Å²) in [6.07, 6.45) is 0. The Morgan fingerprint density at radius 3 is 2.50 bits per heavy atom. The molecule has 0 radical (unpaired) electrons. The first-order chi connectivity index (χ1) is 11.3. The molecule has 24 heavy (non-hydrogen) atoms. The van der Waals surface area contributed by atoms with Gasteiger partial charge < -0.3 is 5.32 Å². The van der Waals surface area contributed by atoms with E-state index in [0.717, 1.165) is 14.4 Å². The fourth-order valence-corrected chi connectivity index (χ4v) is 5.18. The molecular formula is C13H16N4O3S4. The number of amides is 1. The zero-order valence-corrected chi connectivity index (χ0v) is 16.2. The number of nitrogens with two attached hydrogens (primary N) is 1. The van der Waals surface area contributed by atoms with Crippen LogP contribution in [0.1, 0.15) is 13.8 Å². The second-order valence-electron chi connectivity index (χ2n) is 4.59. The van der Waals surface area contributed by atoms with E-state index in [4.69, 9.17) is 5.14 Å². The van der Waals surface area contributed by atoms with E-state index < -0.39 is 10.0 Å². The van der Waals surface area contributed by atoms with Gasteiger partial charge in [-0.15, -0.1) is 10.2 Å². The summed E-state index contributed by atoms with van der Waals surface area (Å²) in [6.45, 7) is 3.81. The number of rotatable bonds is 7. The van der Waals surface area contributed by atoms with Crippen LogP contribution in [0, 0.1) is 0 Å². The van der Waals surface area contributed by atoms with Gasteiger partial charge >= 0.3 is 0 Å². The van der Waals surface area contributed by atoms with Gasteiger partial charge in [0.1, 0.15) is 0 Å². The van der Waals surface area contributed by atoms with Crippen molar-refractivity contribution in [3.8, 4) is 0 Å². The number of hydrogen-bond acceptors (Lipinski definition) is 8. The lowest BCUT2D eigenvalue weighted by Crippen LogP contribution is -2.22. The first-order valence-corrected chi connectivity index (χ1v) is 11.1. The monoisotopic (exact) mass is 404 g/mol. The number of anilines is 1. The maximum atomic E-state index is 12.2. The average Bonchev–Trinajstić information content (AvgIpc) is 2.94. The molecule has 0 aliphatic heterocycles. The molecule has 1 amide bonds. The van der Waals surface area contributed by atoms with Gasteiger partial charge in [0, 0.05) is 5.69 Å². The Hall–Kier alpha value is -1.14. The molecule has 1 heterocycles. The minimum atomic E-state index is -3.74. The number of aromatic nitrogens is 2. The molecule has 1 aromatic carbocycles. The van der Waals surface area contributed by atoms with Crippen molar-refractivity contribution in [3.05, 3.63) is 24.3 Å². The number of nitrogens with one attached hydrogen (secondary N) is 1. The van der Waals surface area contributed by atoms with Crippen LogP contribution in [0.4, 0.5) is 5.69 Å². The quantitative estimate of drug-likeness (QED) is 0.681. The average molecular weight is 405 g/mol. The lowest BCUT2D eigenvalue weighted by atomic mass is 10.3. The zero-order valence-electron chi connectivity index (χ0n) is 12.9. The molecule has 1 aromatic heterocycles. The van der Waals surface area contributed by atoms with Gasteiger partial charge in [-0.05, 0) is 36.9 Å². The fraction of sp³-hybridized carbons (Fsp3) is 0.308. The molecule has 7 nitrogen and oxygen atoms in total. The van der Waals surface area contributed by atoms with Gasteiger partial charge in [-0.25, -0.2) is 13.6 Å². The summed E-state index contributed by atoms with van der Waals surface area (Å²) in [6, 6.07) is 5.69. The van der Waals surface area contributed by atoms with E-state index >= 15 is 0 Å². The van der Waals surface area contributed by atoms with Crippen molar-refractivity contribution in [1.29, 1.82) is 0 Å². The minimum Gasteiger partial charge on any atom is -0.325 e. The molecule has 0 bridgehead atoms. The topological polar surface area (TPSA) is 115 Å². The predicted molar refractivity (Wildman–Crippen MR) is 98.1 cm³/mol. The molecule has 0 saturated heterocycles. The summed E-state index contributed by atoms with van der Waals surface area (Å²) < 4.78 is 24.0. The molecular weight excluding hydrogens is 388 g/mol. The summed E-state index contributed by atoms with van der Waals surface area (Å²) in [4.78, 5) is 12.2. The van der Waals surface area contributed by atoms with Crippen LogP contribution in [0.15, 0.2) is 37.8 Å². The Bertz CT molecular complexity index is 805. The SMILES string of the molecule is CCSc1nnc(S[C@@H](C)C(=O)Nc2ccc(S(N)(=O)=O)cc2)s1. The van der Waals surface area contributed by atoms with Crippen LogP contribution in [0.25, 0.3) is 0 Å². The minimum absolute atomic E-state index is 0.00210. The molecule has 0 aliphatic rings. The number of carbonyl (C=O) groups excluding carboxylic acids is 1. The molecule has 0 aliphatic carbocycles. The highest BCUT2D eigenvalue weighted by Crippen LogP contribution is 2.31. The van der Waals surface area contributed by atoms with Crippen molar-refractivity contribution in [2.24, 2.45) is 5.14 Å². The van der Waals surface area contributed by atoms with Crippen LogP contribution < -0.4 is 10.5 Å². The van der Waals surface area contributed by atoms with E-state index in [0.29, 0.717) is 5.69 Å². The Kier molecular flexibility index (Phi) is 6.63. The third-order valence-electron chi connectivity index (χ3n) is 2.75. The molecule has 130 valence electrons. The molecule has 2 rings (SSSR count). The van der Waals surface area contributed by atoms with Gasteiger partial charge in [0.25, 0.3) is 0 Å². The Morgan fingerprint density at radius 2 is 1.92 bits per heavy atom. The van der Waals surface area contributed by atoms with Gasteiger partial charge in [0.15, 0.2) is 8.68 Å². The Labute approximate surface area is 152 Å². The zero-order chi connectivity index (χ0) is 17.7. The summed E-state index contributed by atoms with van der Waals surface area (Å²) in [7, 11) is -3.74. The molecule has 0 saturated carbocycles. The second kappa shape index (κ2) is 8.30. The molecule has 11 heteroatoms. The number of benzene rings is 1. The summed E-state index contributed by atoms with van der Waals surface area (Å²) in [5.41, 5.74) is 0.499. The predicted octanol–water partition coefficient (Wildman–Crippen LogP) is 2.42. The number of nitrogens with zero attached hydrogens (tertiary/aromatic N) is 2. The third-order valence-corrected chi connectivity index (χ3v) is 6.81. The highest BCUT2D eigenvalue weighted by molar-refractivity contribution is 8.03. The van der Waals surface area contributed by atoms with E-state index in [2.05, 4.69) is 15.5 Å². The van der Waals surface area contributed by atoms with Crippen LogP contribution in [-0.2, 0) is 14.8 Å². The number of hydrogen-bond donors (Lipinski definition) is 2. The lowest BCUT2D eigenvalue weighted by Gasteiger charge is -2.10. The summed E-state index contributed by atoms with van der Waals surface area (Å²) in [5, 5.41) is 15.5. The number of carbonyl (C=O) groups is 1. The van der Waals surface area contributed by atoms with Crippen molar-refractivity contribution in [1.82, 2.24) is 10.2 Å². The van der Waals surface area contributed by atoms with Crippen LogP contribution in [0.2, 0.25) is 0 Å². The van der Waals surface area contributed by atoms with E-state index in [1.807, 2.05) is 6.92 Å². The maximum Gasteiger partial charge on any atom is 0.238 e. The third kappa shape index (κ3) is 5.45. The molecule has 0 unspecified atom stereocenters. The largest absolute Gasteiger partial charge is 0.325 e. The number of primary sulfonamides is 1. The lowest BCUT2D eigenvalue weighted by molar-refractivity contribution is -0.115. The van der Waals surface area contributed by atoms with Gasteiger partial charge in [0.2, 0.25) is 15.9 Å². The molecule has 3 N–H and O–H groups in total. The van der Waals surface area contributed by atoms with E-state index in [1.54, 1.807) is 18.7 Å². The van der Waals surface area contributed by atoms with E-state index in [-0.39, 0.29) is 16.1 Å². The van der Waals surface area contributed by atoms with Crippen LogP contribution in [0.5, 0.6) is 0 Å². The van der Waals surface area contributed by atoms with Gasteiger partial charge in [-0.3, -0.25) is 4.79 Å². The van der Waals surface area contributed by atoms with E-state index in [1.165, 1.54) is 47.4 Å². The standard InChI is InChI=1S/C13H16N4O3S4/c1-3-21-12-16-17-13(23-12)22-8(2)11(18)15-9-4-6-10(7-5-9)24(14,19)20/h4-8H,3H2,1-2H3,(H,15,18)(H2,14,19,20)/t8-/m0/s1. The van der Waals surface area contributed by atoms with Crippen molar-refractivity contribution in [3.63, 3.8) is 0 Å². The second-order valence-corrected chi connectivity index (χ2v) is 10.2. The van der Waals surface area contributed by atoms with Gasteiger partial charge in [0.05, 0.1) is 10.1 Å². The van der Waals surface area contributed by atoms with Crippen LogP contribution in [-0.4, -0.2) is 35.5 Å². The molecule has 0 fully saturated rings. The Morgan fingerprint density at radius 1 is 1.29 bits per heavy atom. The van der Waals surface area contributed by atoms with Crippen LogP contribution in [0.3, 0.4) is 0 Å². The smallest absolute Gasteiger partial charge is 0.238 e. The fourth-order valence-electron chi connectivity index (χ4n) is 1.60. The maximum absolute atomic E-state index is 12.2. The number of thioether (sulfide) groups is 2. The highest BCUT2D eigenvalue weighted by Gasteiger charge is 2.17. The normalized spacial score (nSPS) is 12.8. The van der Waals surface area contributed by atoms with Gasteiger partial charge in [-0.2, -0.15) is 0 Å². The molecule has 0 spiro atoms. The first-order valence-electron chi connectivity index (χ1n) is 6.86. The van der Waals surface area contributed by atoms with Crippen LogP contribution >= 0.6 is 34.9 Å². The molecule has 1 atom stereocenters. The summed E-state index contributed by atoms with van der Waals surface area (Å²) >= 11 is 4.40. The van der Waals surface area contributed by atoms with Crippen molar-refractivity contribution >= 4 is 56.5 Å². The van der Waals surface area contributed by atoms with Crippen molar-refractivity contribution < 1.29 is 13.2 Å². The summed E-state index contributed by atoms with van der Waals surface area (Å²) in [5.74, 6) is 0.715. The van der Waals surface area contributed by atoms with Gasteiger partial charge in [-0.1, -0.05) is 41.8 Å². The van der Waals surface area contributed by atoms with E-state index in [9.17, 15) is 13.2 Å². The first kappa shape index (κ1) is 19.2. The number of sulfonamides is 1. The highest BCUT2D eigenvalue weighted by atomic mass is 32.2. The van der Waals surface area contributed by atoms with Crippen molar-refractivity contribution in [2.45, 2.75) is 32.7 Å². The van der Waals surface area contributed by atoms with Crippen molar-refractivity contribution in [2.75, 3.05) is 11.1 Å².